The summed E-state index contributed by atoms with van der Waals surface area (Å²) in [7, 11) is 0. The van der Waals surface area contributed by atoms with Crippen molar-refractivity contribution in [2.75, 3.05) is 17.8 Å². The van der Waals surface area contributed by atoms with Crippen molar-refractivity contribution in [1.29, 1.82) is 0 Å². The molecule has 2 N–H and O–H groups in total. The summed E-state index contributed by atoms with van der Waals surface area (Å²) in [6, 6.07) is -0.815. The van der Waals surface area contributed by atoms with E-state index in [1.165, 1.54) is 11.8 Å². The first-order valence-corrected chi connectivity index (χ1v) is 9.01. The minimum Gasteiger partial charge on any atom is -0.480 e. The molecule has 1 aromatic rings. The van der Waals surface area contributed by atoms with E-state index >= 15 is 0 Å². The topological polar surface area (TPSA) is 92.4 Å². The third-order valence-electron chi connectivity index (χ3n) is 2.90. The Hall–Kier alpha value is -1.15. The Morgan fingerprint density at radius 2 is 2.14 bits per heavy atom. The molecule has 6 nitrogen and oxygen atoms in total. The number of aliphatic carboxylic acids is 1. The summed E-state index contributed by atoms with van der Waals surface area (Å²) >= 11 is 2.97. The van der Waals surface area contributed by atoms with Gasteiger partial charge in [-0.1, -0.05) is 5.16 Å². The zero-order chi connectivity index (χ0) is 15.8. The lowest BCUT2D eigenvalue weighted by Gasteiger charge is -2.13. The maximum absolute atomic E-state index is 11.8. The highest BCUT2D eigenvalue weighted by molar-refractivity contribution is 7.99. The summed E-state index contributed by atoms with van der Waals surface area (Å²) in [6.07, 6.45) is 2.33. The van der Waals surface area contributed by atoms with E-state index in [-0.39, 0.29) is 11.7 Å². The number of aromatic nitrogens is 1. The zero-order valence-electron chi connectivity index (χ0n) is 12.3. The average molecular weight is 332 g/mol. The molecule has 1 rings (SSSR count). The molecule has 0 bridgehead atoms. The Kier molecular flexibility index (Phi) is 7.66. The van der Waals surface area contributed by atoms with Crippen LogP contribution in [-0.2, 0) is 15.3 Å². The lowest BCUT2D eigenvalue weighted by Crippen LogP contribution is -2.42. The van der Waals surface area contributed by atoms with Crippen LogP contribution in [0.3, 0.4) is 0 Å². The van der Waals surface area contributed by atoms with Gasteiger partial charge in [0.1, 0.15) is 11.8 Å². The average Bonchev–Trinajstić information content (AvgIpc) is 2.74. The lowest BCUT2D eigenvalue weighted by atomic mass is 10.2. The van der Waals surface area contributed by atoms with Crippen LogP contribution >= 0.6 is 23.5 Å². The van der Waals surface area contributed by atoms with Gasteiger partial charge in [-0.2, -0.15) is 11.8 Å². The molecule has 0 aliphatic rings. The van der Waals surface area contributed by atoms with E-state index in [2.05, 4.69) is 10.5 Å². The van der Waals surface area contributed by atoms with Gasteiger partial charge in [-0.15, -0.1) is 11.8 Å². The molecule has 118 valence electrons. The molecular formula is C13H20N2O4S2. The zero-order valence-corrected chi connectivity index (χ0v) is 14.0. The number of nitrogens with one attached hydrogen (secondary N) is 1. The molecular weight excluding hydrogens is 312 g/mol. The van der Waals surface area contributed by atoms with Crippen LogP contribution < -0.4 is 5.32 Å². The smallest absolute Gasteiger partial charge is 0.326 e. The quantitative estimate of drug-likeness (QED) is 0.713. The van der Waals surface area contributed by atoms with Gasteiger partial charge in [0.2, 0.25) is 5.91 Å². The normalized spacial score (nSPS) is 12.1. The number of nitrogens with zero attached hydrogens (tertiary/aromatic N) is 1. The summed E-state index contributed by atoms with van der Waals surface area (Å²) in [4.78, 5) is 22.8. The molecule has 1 heterocycles. The standard InChI is InChI=1S/C13H20N2O4S2/c1-8-10(9(2)19-15-8)6-21-7-12(16)14-11(13(17)18)4-5-20-3/h11H,4-7H2,1-3H3,(H,14,16)(H,17,18). The second-order valence-corrected chi connectivity index (χ2v) is 6.51. The van der Waals surface area contributed by atoms with E-state index in [0.29, 0.717) is 17.9 Å². The fourth-order valence-corrected chi connectivity index (χ4v) is 3.14. The predicted octanol–water partition coefficient (Wildman–Crippen LogP) is 1.85. The van der Waals surface area contributed by atoms with Gasteiger partial charge in [0.05, 0.1) is 11.4 Å². The molecule has 0 saturated heterocycles. The summed E-state index contributed by atoms with van der Waals surface area (Å²) in [6.45, 7) is 3.69. The van der Waals surface area contributed by atoms with Crippen molar-refractivity contribution in [3.05, 3.63) is 17.0 Å². The largest absolute Gasteiger partial charge is 0.480 e. The fraction of sp³-hybridized carbons (Fsp3) is 0.615. The molecule has 21 heavy (non-hydrogen) atoms. The molecule has 0 aromatic carbocycles. The van der Waals surface area contributed by atoms with Crippen LogP contribution in [0.5, 0.6) is 0 Å². The SMILES string of the molecule is CSCCC(NC(=O)CSCc1c(C)noc1C)C(=O)O. The number of carboxylic acid groups (broad SMARTS) is 1. The highest BCUT2D eigenvalue weighted by Gasteiger charge is 2.19. The third kappa shape index (κ3) is 6.01. The van der Waals surface area contributed by atoms with E-state index in [1.807, 2.05) is 20.1 Å². The van der Waals surface area contributed by atoms with Gasteiger partial charge in [0.25, 0.3) is 0 Å². The van der Waals surface area contributed by atoms with Crippen molar-refractivity contribution in [2.45, 2.75) is 32.1 Å². The monoisotopic (exact) mass is 332 g/mol. The second kappa shape index (κ2) is 8.99. The molecule has 1 aromatic heterocycles. The molecule has 1 amide bonds. The summed E-state index contributed by atoms with van der Waals surface area (Å²) in [5.41, 5.74) is 1.81. The summed E-state index contributed by atoms with van der Waals surface area (Å²) in [5, 5.41) is 15.4. The maximum Gasteiger partial charge on any atom is 0.326 e. The number of hydrogen-bond acceptors (Lipinski definition) is 6. The second-order valence-electron chi connectivity index (χ2n) is 4.54. The summed E-state index contributed by atoms with van der Waals surface area (Å²) < 4.78 is 5.05. The Morgan fingerprint density at radius 3 is 2.67 bits per heavy atom. The molecule has 0 aliphatic heterocycles. The molecule has 1 unspecified atom stereocenters. The van der Waals surface area contributed by atoms with Crippen LogP contribution in [0.25, 0.3) is 0 Å². The van der Waals surface area contributed by atoms with Gasteiger partial charge >= 0.3 is 5.97 Å². The molecule has 0 radical (unpaired) electrons. The minimum absolute atomic E-state index is 0.215. The lowest BCUT2D eigenvalue weighted by molar-refractivity contribution is -0.141. The highest BCUT2D eigenvalue weighted by Crippen LogP contribution is 2.19. The van der Waals surface area contributed by atoms with Crippen LogP contribution in [0, 0.1) is 13.8 Å². The number of carbonyl (C=O) groups excluding carboxylic acids is 1. The number of carbonyl (C=O) groups is 2. The number of aryl methyl sites for hydroxylation is 2. The number of carboxylic acids is 1. The predicted molar refractivity (Wildman–Crippen MR) is 84.7 cm³/mol. The van der Waals surface area contributed by atoms with Crippen LogP contribution in [0.4, 0.5) is 0 Å². The third-order valence-corrected chi connectivity index (χ3v) is 4.51. The van der Waals surface area contributed by atoms with Gasteiger partial charge in [0.15, 0.2) is 0 Å². The molecule has 8 heteroatoms. The van der Waals surface area contributed by atoms with Gasteiger partial charge in [-0.25, -0.2) is 4.79 Å². The van der Waals surface area contributed by atoms with Crippen molar-refractivity contribution < 1.29 is 19.2 Å². The minimum atomic E-state index is -0.992. The first-order chi connectivity index (χ1) is 9.95. The Balaban J connectivity index is 2.37. The van der Waals surface area contributed by atoms with Gasteiger partial charge in [0, 0.05) is 11.3 Å². The van der Waals surface area contributed by atoms with Crippen LogP contribution in [0.2, 0.25) is 0 Å². The number of amides is 1. The van der Waals surface area contributed by atoms with Crippen molar-refractivity contribution in [2.24, 2.45) is 0 Å². The van der Waals surface area contributed by atoms with Crippen LogP contribution in [0.1, 0.15) is 23.4 Å². The fourth-order valence-electron chi connectivity index (χ4n) is 1.68. The van der Waals surface area contributed by atoms with Gasteiger partial charge < -0.3 is 14.9 Å². The van der Waals surface area contributed by atoms with E-state index in [4.69, 9.17) is 9.63 Å². The van der Waals surface area contributed by atoms with Crippen molar-refractivity contribution in [1.82, 2.24) is 10.5 Å². The number of hydrogen-bond donors (Lipinski definition) is 2. The van der Waals surface area contributed by atoms with Crippen LogP contribution in [0.15, 0.2) is 4.52 Å². The van der Waals surface area contributed by atoms with E-state index in [0.717, 1.165) is 17.0 Å². The van der Waals surface area contributed by atoms with Gasteiger partial charge in [-0.05, 0) is 32.3 Å². The van der Waals surface area contributed by atoms with Crippen molar-refractivity contribution in [3.63, 3.8) is 0 Å². The number of rotatable bonds is 9. The Labute approximate surface area is 132 Å². The molecule has 0 saturated carbocycles. The maximum atomic E-state index is 11.8. The van der Waals surface area contributed by atoms with Crippen LogP contribution in [-0.4, -0.2) is 45.9 Å². The molecule has 0 fully saturated rings. The molecule has 0 aliphatic carbocycles. The molecule has 0 spiro atoms. The first kappa shape index (κ1) is 17.9. The highest BCUT2D eigenvalue weighted by atomic mass is 32.2. The first-order valence-electron chi connectivity index (χ1n) is 6.46. The number of thioether (sulfide) groups is 2. The molecule has 1 atom stereocenters. The van der Waals surface area contributed by atoms with Crippen molar-refractivity contribution in [3.8, 4) is 0 Å². The Bertz CT molecular complexity index is 471. The van der Waals surface area contributed by atoms with E-state index in [1.54, 1.807) is 11.8 Å². The van der Waals surface area contributed by atoms with Gasteiger partial charge in [-0.3, -0.25) is 4.79 Å². The summed E-state index contributed by atoms with van der Waals surface area (Å²) in [5.74, 6) is 1.03. The van der Waals surface area contributed by atoms with Crippen molar-refractivity contribution >= 4 is 35.4 Å². The van der Waals surface area contributed by atoms with E-state index < -0.39 is 12.0 Å². The van der Waals surface area contributed by atoms with E-state index in [9.17, 15) is 9.59 Å². The Morgan fingerprint density at radius 1 is 1.43 bits per heavy atom.